The van der Waals surface area contributed by atoms with Crippen molar-refractivity contribution >= 4 is 35.6 Å². The Kier molecular flexibility index (Phi) is 6.69. The summed E-state index contributed by atoms with van der Waals surface area (Å²) in [6.07, 6.45) is 5.35. The molecule has 1 heterocycles. The second kappa shape index (κ2) is 8.03. The number of hydrogen-bond donors (Lipinski definition) is 2. The molecule has 1 unspecified atom stereocenters. The van der Waals surface area contributed by atoms with Gasteiger partial charge < -0.3 is 15.8 Å². The molecule has 7 heteroatoms. The van der Waals surface area contributed by atoms with E-state index in [4.69, 9.17) is 10.5 Å². The van der Waals surface area contributed by atoms with Crippen LogP contribution in [0.15, 0.2) is 35.5 Å². The molecule has 3 N–H and O–H groups in total. The van der Waals surface area contributed by atoms with E-state index in [1.807, 2.05) is 6.08 Å². The molecule has 20 heavy (non-hydrogen) atoms. The van der Waals surface area contributed by atoms with E-state index in [9.17, 15) is 8.78 Å². The lowest BCUT2D eigenvalue weighted by Gasteiger charge is -2.17. The van der Waals surface area contributed by atoms with E-state index in [2.05, 4.69) is 10.3 Å². The Bertz CT molecular complexity index is 508. The van der Waals surface area contributed by atoms with Crippen LogP contribution in [0.3, 0.4) is 0 Å². The molecule has 0 saturated heterocycles. The van der Waals surface area contributed by atoms with Crippen LogP contribution in [0.25, 0.3) is 0 Å². The first-order valence-electron chi connectivity index (χ1n) is 5.97. The zero-order chi connectivity index (χ0) is 13.7. The fourth-order valence-corrected chi connectivity index (χ4v) is 1.69. The van der Waals surface area contributed by atoms with Crippen LogP contribution in [0, 0.1) is 11.6 Å². The first-order valence-corrected chi connectivity index (χ1v) is 5.97. The highest BCUT2D eigenvalue weighted by molar-refractivity contribution is 14.0. The van der Waals surface area contributed by atoms with Gasteiger partial charge in [0, 0.05) is 6.07 Å². The minimum atomic E-state index is -0.587. The van der Waals surface area contributed by atoms with E-state index in [1.165, 1.54) is 0 Å². The molecule has 4 nitrogen and oxygen atoms in total. The molecule has 110 valence electrons. The van der Waals surface area contributed by atoms with E-state index < -0.39 is 11.6 Å². The molecule has 1 aromatic carbocycles. The molecular weight excluding hydrogens is 379 g/mol. The maximum Gasteiger partial charge on any atom is 0.193 e. The molecule has 0 bridgehead atoms. The van der Waals surface area contributed by atoms with Gasteiger partial charge in [0.2, 0.25) is 0 Å². The fourth-order valence-electron chi connectivity index (χ4n) is 1.69. The molecular formula is C13H16F2IN3O. The van der Waals surface area contributed by atoms with Crippen LogP contribution in [0.2, 0.25) is 0 Å². The lowest BCUT2D eigenvalue weighted by molar-refractivity contribution is 0.131. The normalized spacial score (nSPS) is 18.1. The number of nitrogens with one attached hydrogen (secondary N) is 1. The Hall–Kier alpha value is -1.38. The second-order valence-electron chi connectivity index (χ2n) is 4.18. The smallest absolute Gasteiger partial charge is 0.193 e. The van der Waals surface area contributed by atoms with Gasteiger partial charge in [0.15, 0.2) is 5.96 Å². The molecule has 2 rings (SSSR count). The molecule has 0 amide bonds. The highest BCUT2D eigenvalue weighted by atomic mass is 127. The standard InChI is InChI=1S/C13H15F2N3O.HI/c14-9-4-5-11(15)12(7-9)18-13(16)17-8-10-3-1-2-6-19-10;/h2,4-7,10H,1,3,8H2,(H3,16,17,18);1H. The van der Waals surface area contributed by atoms with Crippen molar-refractivity contribution in [2.24, 2.45) is 10.7 Å². The van der Waals surface area contributed by atoms with Crippen molar-refractivity contribution in [1.29, 1.82) is 0 Å². The van der Waals surface area contributed by atoms with E-state index >= 15 is 0 Å². The second-order valence-corrected chi connectivity index (χ2v) is 4.18. The SMILES string of the molecule is I.NC(=NCC1CCC=CO1)Nc1cc(F)ccc1F. The minimum Gasteiger partial charge on any atom is -0.496 e. The van der Waals surface area contributed by atoms with Crippen LogP contribution < -0.4 is 11.1 Å². The van der Waals surface area contributed by atoms with Crippen molar-refractivity contribution in [3.63, 3.8) is 0 Å². The zero-order valence-corrected chi connectivity index (χ0v) is 13.0. The van der Waals surface area contributed by atoms with Gasteiger partial charge in [-0.15, -0.1) is 24.0 Å². The predicted molar refractivity (Wildman–Crippen MR) is 85.1 cm³/mol. The van der Waals surface area contributed by atoms with Gasteiger partial charge in [-0.25, -0.2) is 13.8 Å². The number of guanidine groups is 1. The maximum absolute atomic E-state index is 13.4. The number of benzene rings is 1. The van der Waals surface area contributed by atoms with Crippen molar-refractivity contribution in [3.8, 4) is 0 Å². The topological polar surface area (TPSA) is 59.6 Å². The summed E-state index contributed by atoms with van der Waals surface area (Å²) < 4.78 is 31.6. The number of allylic oxidation sites excluding steroid dienone is 1. The number of ether oxygens (including phenoxy) is 1. The number of nitrogens with two attached hydrogens (primary N) is 1. The van der Waals surface area contributed by atoms with Crippen molar-refractivity contribution in [3.05, 3.63) is 42.2 Å². The zero-order valence-electron chi connectivity index (χ0n) is 10.7. The van der Waals surface area contributed by atoms with Crippen LogP contribution in [0.1, 0.15) is 12.8 Å². The fraction of sp³-hybridized carbons (Fsp3) is 0.308. The van der Waals surface area contributed by atoms with E-state index in [-0.39, 0.29) is 41.7 Å². The van der Waals surface area contributed by atoms with Crippen LogP contribution in [0.4, 0.5) is 14.5 Å². The number of aliphatic imine (C=N–C) groups is 1. The summed E-state index contributed by atoms with van der Waals surface area (Å²) in [6.45, 7) is 0.375. The third-order valence-corrected chi connectivity index (χ3v) is 2.68. The van der Waals surface area contributed by atoms with E-state index in [1.54, 1.807) is 6.26 Å². The van der Waals surface area contributed by atoms with E-state index in [0.717, 1.165) is 31.0 Å². The molecule has 0 radical (unpaired) electrons. The number of hydrogen-bond acceptors (Lipinski definition) is 2. The van der Waals surface area contributed by atoms with E-state index in [0.29, 0.717) is 6.54 Å². The summed E-state index contributed by atoms with van der Waals surface area (Å²) in [5.74, 6) is -1.10. The van der Waals surface area contributed by atoms with Crippen molar-refractivity contribution in [2.45, 2.75) is 18.9 Å². The van der Waals surface area contributed by atoms with Gasteiger partial charge in [0.25, 0.3) is 0 Å². The van der Waals surface area contributed by atoms with Crippen LogP contribution in [-0.2, 0) is 4.74 Å². The highest BCUT2D eigenvalue weighted by Gasteiger charge is 2.10. The predicted octanol–water partition coefficient (Wildman–Crippen LogP) is 3.00. The van der Waals surface area contributed by atoms with Crippen LogP contribution in [-0.4, -0.2) is 18.6 Å². The van der Waals surface area contributed by atoms with Crippen molar-refractivity contribution < 1.29 is 13.5 Å². The van der Waals surface area contributed by atoms with Crippen LogP contribution >= 0.6 is 24.0 Å². The largest absolute Gasteiger partial charge is 0.496 e. The highest BCUT2D eigenvalue weighted by Crippen LogP contribution is 2.15. The summed E-state index contributed by atoms with van der Waals surface area (Å²) >= 11 is 0. The number of rotatable bonds is 3. The average molecular weight is 395 g/mol. The van der Waals surface area contributed by atoms with Crippen molar-refractivity contribution in [1.82, 2.24) is 0 Å². The Morgan fingerprint density at radius 3 is 2.95 bits per heavy atom. The Morgan fingerprint density at radius 1 is 1.45 bits per heavy atom. The van der Waals surface area contributed by atoms with Gasteiger partial charge >= 0.3 is 0 Å². The quantitative estimate of drug-likeness (QED) is 0.470. The Labute approximate surface area is 133 Å². The number of halogens is 3. The Balaban J connectivity index is 0.00000200. The summed E-state index contributed by atoms with van der Waals surface area (Å²) in [6, 6.07) is 3.09. The first-order chi connectivity index (χ1) is 9.15. The van der Waals surface area contributed by atoms with Crippen molar-refractivity contribution in [2.75, 3.05) is 11.9 Å². The monoisotopic (exact) mass is 395 g/mol. The Morgan fingerprint density at radius 2 is 2.25 bits per heavy atom. The molecule has 0 fully saturated rings. The summed E-state index contributed by atoms with van der Waals surface area (Å²) in [7, 11) is 0. The van der Waals surface area contributed by atoms with Crippen LogP contribution in [0.5, 0.6) is 0 Å². The van der Waals surface area contributed by atoms with Gasteiger partial charge in [-0.2, -0.15) is 0 Å². The van der Waals surface area contributed by atoms with Gasteiger partial charge in [-0.1, -0.05) is 0 Å². The summed E-state index contributed by atoms with van der Waals surface area (Å²) in [5, 5.41) is 2.53. The van der Waals surface area contributed by atoms with Gasteiger partial charge in [-0.3, -0.25) is 0 Å². The molecule has 0 saturated carbocycles. The third-order valence-electron chi connectivity index (χ3n) is 2.68. The molecule has 0 spiro atoms. The van der Waals surface area contributed by atoms with Gasteiger partial charge in [-0.05, 0) is 31.1 Å². The number of nitrogens with zero attached hydrogens (tertiary/aromatic N) is 1. The van der Waals surface area contributed by atoms with Gasteiger partial charge in [0.05, 0.1) is 18.5 Å². The molecule has 0 aliphatic carbocycles. The summed E-state index contributed by atoms with van der Waals surface area (Å²) in [4.78, 5) is 4.05. The molecule has 1 aliphatic rings. The lowest BCUT2D eigenvalue weighted by atomic mass is 10.2. The molecule has 0 aromatic heterocycles. The first kappa shape index (κ1) is 16.7. The maximum atomic E-state index is 13.4. The lowest BCUT2D eigenvalue weighted by Crippen LogP contribution is -2.26. The molecule has 1 aromatic rings. The number of anilines is 1. The van der Waals surface area contributed by atoms with Gasteiger partial charge in [0.1, 0.15) is 17.7 Å². The minimum absolute atomic E-state index is 0. The summed E-state index contributed by atoms with van der Waals surface area (Å²) in [5.41, 5.74) is 5.58. The third kappa shape index (κ3) is 4.95. The average Bonchev–Trinajstić information content (AvgIpc) is 2.42. The molecule has 1 atom stereocenters. The molecule has 1 aliphatic heterocycles.